The van der Waals surface area contributed by atoms with Gasteiger partial charge in [0, 0.05) is 0 Å². The van der Waals surface area contributed by atoms with Crippen LogP contribution in [0.2, 0.25) is 0 Å². The molecule has 0 radical (unpaired) electrons. The van der Waals surface area contributed by atoms with Gasteiger partial charge in [-0.1, -0.05) is 23.5 Å². The molecule has 19 heavy (non-hydrogen) atoms. The minimum absolute atomic E-state index is 0.415. The molecule has 0 amide bonds. The summed E-state index contributed by atoms with van der Waals surface area (Å²) in [5.74, 6) is -1.67. The lowest BCUT2D eigenvalue weighted by atomic mass is 10.2. The number of thiazole rings is 1. The number of para-hydroxylation sites is 1. The van der Waals surface area contributed by atoms with Crippen molar-refractivity contribution in [3.63, 3.8) is 0 Å². The average molecular weight is 281 g/mol. The van der Waals surface area contributed by atoms with Crippen LogP contribution in [0.5, 0.6) is 0 Å². The highest BCUT2D eigenvalue weighted by atomic mass is 32.1. The Morgan fingerprint density at radius 3 is 2.32 bits per heavy atom. The number of benzene rings is 1. The molecule has 1 aromatic heterocycles. The smallest absolute Gasteiger partial charge is 0.340 e. The molecular weight excluding hydrogens is 270 g/mol. The lowest BCUT2D eigenvalue weighted by Gasteiger charge is -2.13. The van der Waals surface area contributed by atoms with Crippen molar-refractivity contribution in [2.24, 2.45) is 0 Å². The topological polar surface area (TPSA) is 74.6 Å². The van der Waals surface area contributed by atoms with Crippen molar-refractivity contribution >= 4 is 33.5 Å². The number of esters is 2. The molecule has 1 aromatic carbocycles. The molecule has 0 unspecified atom stereocenters. The molecule has 0 N–H and O–H groups in total. The summed E-state index contributed by atoms with van der Waals surface area (Å²) < 4.78 is 10.9. The number of hydrogen-bond donors (Lipinski definition) is 0. The molecule has 7 heteroatoms. The Morgan fingerprint density at radius 2 is 1.74 bits per heavy atom. The summed E-state index contributed by atoms with van der Waals surface area (Å²) >= 11 is 0.955. The number of fused-ring (bicyclic) bond motifs is 1. The van der Waals surface area contributed by atoms with Crippen molar-refractivity contribution < 1.29 is 19.1 Å². The number of carbonyl (C=O) groups excluding carboxylic acids is 2. The predicted octanol–water partition coefficient (Wildman–Crippen LogP) is 0.950. The first-order valence-electron chi connectivity index (χ1n) is 5.36. The first-order valence-corrected chi connectivity index (χ1v) is 6.17. The van der Waals surface area contributed by atoms with E-state index in [1.54, 1.807) is 24.3 Å². The maximum Gasteiger partial charge on any atom is 0.340 e. The molecular formula is C12H11NO5S. The zero-order chi connectivity index (χ0) is 14.0. The summed E-state index contributed by atoms with van der Waals surface area (Å²) in [5, 5.41) is 0. The van der Waals surface area contributed by atoms with Gasteiger partial charge in [0.2, 0.25) is 6.04 Å². The van der Waals surface area contributed by atoms with Gasteiger partial charge in [0.25, 0.3) is 0 Å². The molecule has 2 aromatic rings. The average Bonchev–Trinajstić information content (AvgIpc) is 2.75. The van der Waals surface area contributed by atoms with Crippen molar-refractivity contribution in [1.29, 1.82) is 0 Å². The second kappa shape index (κ2) is 5.23. The van der Waals surface area contributed by atoms with E-state index in [0.29, 0.717) is 10.2 Å². The fourth-order valence-corrected chi connectivity index (χ4v) is 2.67. The molecule has 0 bridgehead atoms. The van der Waals surface area contributed by atoms with Gasteiger partial charge in [0.05, 0.1) is 24.4 Å². The number of carbonyl (C=O) groups is 2. The Hall–Kier alpha value is -2.15. The van der Waals surface area contributed by atoms with Crippen molar-refractivity contribution in [1.82, 2.24) is 4.57 Å². The van der Waals surface area contributed by atoms with Crippen molar-refractivity contribution in [3.05, 3.63) is 33.9 Å². The third kappa shape index (κ3) is 2.24. The Balaban J connectivity index is 2.69. The molecule has 0 spiro atoms. The van der Waals surface area contributed by atoms with Crippen LogP contribution in [0.4, 0.5) is 0 Å². The predicted molar refractivity (Wildman–Crippen MR) is 69.2 cm³/mol. The maximum absolute atomic E-state index is 12.0. The second-order valence-electron chi connectivity index (χ2n) is 3.65. The number of methoxy groups -OCH3 is 2. The molecule has 0 fully saturated rings. The van der Waals surface area contributed by atoms with Crippen molar-refractivity contribution in [2.45, 2.75) is 6.04 Å². The van der Waals surface area contributed by atoms with Crippen LogP contribution in [0.25, 0.3) is 10.2 Å². The minimum Gasteiger partial charge on any atom is -0.467 e. The number of nitrogens with zero attached hydrogens (tertiary/aromatic N) is 1. The Labute approximate surface area is 112 Å². The molecule has 2 rings (SSSR count). The van der Waals surface area contributed by atoms with Gasteiger partial charge in [0.1, 0.15) is 0 Å². The van der Waals surface area contributed by atoms with Gasteiger partial charge in [-0.15, -0.1) is 0 Å². The van der Waals surface area contributed by atoms with Crippen LogP contribution in [-0.4, -0.2) is 30.7 Å². The minimum atomic E-state index is -1.42. The third-order valence-electron chi connectivity index (χ3n) is 2.63. The summed E-state index contributed by atoms with van der Waals surface area (Å²) in [4.78, 5) is 35.0. The summed E-state index contributed by atoms with van der Waals surface area (Å²) in [7, 11) is 2.30. The van der Waals surface area contributed by atoms with Gasteiger partial charge in [-0.2, -0.15) is 0 Å². The molecule has 100 valence electrons. The normalized spacial score (nSPS) is 10.7. The third-order valence-corrected chi connectivity index (χ3v) is 3.56. The zero-order valence-corrected chi connectivity index (χ0v) is 11.1. The highest BCUT2D eigenvalue weighted by Crippen LogP contribution is 2.21. The standard InChI is InChI=1S/C12H11NO5S/c1-17-10(14)9(11(15)18-2)13-7-5-3-4-6-8(7)19-12(13)16/h3-6,9H,1-2H3. The molecule has 0 aliphatic heterocycles. The molecule has 0 aliphatic rings. The van der Waals surface area contributed by atoms with Crippen LogP contribution >= 0.6 is 11.3 Å². The number of ether oxygens (including phenoxy) is 2. The summed E-state index contributed by atoms with van der Waals surface area (Å²) in [6.07, 6.45) is 0. The van der Waals surface area contributed by atoms with E-state index in [4.69, 9.17) is 0 Å². The summed E-state index contributed by atoms with van der Waals surface area (Å²) in [6, 6.07) is 5.47. The van der Waals surface area contributed by atoms with Gasteiger partial charge in [-0.25, -0.2) is 9.59 Å². The number of aromatic nitrogens is 1. The van der Waals surface area contributed by atoms with Crippen LogP contribution in [0.3, 0.4) is 0 Å². The molecule has 0 atom stereocenters. The van der Waals surface area contributed by atoms with Gasteiger partial charge >= 0.3 is 16.8 Å². The molecule has 1 heterocycles. The van der Waals surface area contributed by atoms with Crippen LogP contribution in [0.15, 0.2) is 29.1 Å². The molecule has 0 saturated heterocycles. The van der Waals surface area contributed by atoms with E-state index in [2.05, 4.69) is 9.47 Å². The molecule has 0 aliphatic carbocycles. The summed E-state index contributed by atoms with van der Waals surface area (Å²) in [6.45, 7) is 0. The lowest BCUT2D eigenvalue weighted by Crippen LogP contribution is -2.34. The number of hydrogen-bond acceptors (Lipinski definition) is 6. The van der Waals surface area contributed by atoms with Crippen molar-refractivity contribution in [2.75, 3.05) is 14.2 Å². The van der Waals surface area contributed by atoms with Crippen LogP contribution in [0, 0.1) is 0 Å². The SMILES string of the molecule is COC(=O)C(C(=O)OC)n1c(=O)sc2ccccc21. The maximum atomic E-state index is 12.0. The van der Waals surface area contributed by atoms with Gasteiger partial charge < -0.3 is 9.47 Å². The first-order chi connectivity index (χ1) is 9.10. The lowest BCUT2D eigenvalue weighted by molar-refractivity contribution is -0.157. The van der Waals surface area contributed by atoms with E-state index >= 15 is 0 Å². The summed E-state index contributed by atoms with van der Waals surface area (Å²) in [5.41, 5.74) is 0.498. The fraction of sp³-hybridized carbons (Fsp3) is 0.250. The zero-order valence-electron chi connectivity index (χ0n) is 10.3. The van der Waals surface area contributed by atoms with Gasteiger partial charge in [-0.3, -0.25) is 9.36 Å². The van der Waals surface area contributed by atoms with E-state index in [-0.39, 0.29) is 0 Å². The highest BCUT2D eigenvalue weighted by Gasteiger charge is 2.33. The van der Waals surface area contributed by atoms with Crippen LogP contribution in [-0.2, 0) is 19.1 Å². The largest absolute Gasteiger partial charge is 0.467 e. The van der Waals surface area contributed by atoms with E-state index in [9.17, 15) is 14.4 Å². The Morgan fingerprint density at radius 1 is 1.16 bits per heavy atom. The van der Waals surface area contributed by atoms with E-state index < -0.39 is 22.9 Å². The molecule has 0 saturated carbocycles. The highest BCUT2D eigenvalue weighted by molar-refractivity contribution is 7.16. The number of rotatable bonds is 3. The van der Waals surface area contributed by atoms with E-state index in [0.717, 1.165) is 30.1 Å². The van der Waals surface area contributed by atoms with Crippen LogP contribution in [0.1, 0.15) is 6.04 Å². The van der Waals surface area contributed by atoms with Crippen LogP contribution < -0.4 is 4.87 Å². The monoisotopic (exact) mass is 281 g/mol. The van der Waals surface area contributed by atoms with Gasteiger partial charge in [-0.05, 0) is 12.1 Å². The molecule has 6 nitrogen and oxygen atoms in total. The van der Waals surface area contributed by atoms with Gasteiger partial charge in [0.15, 0.2) is 0 Å². The Bertz CT molecular complexity index is 671. The van der Waals surface area contributed by atoms with Crippen molar-refractivity contribution in [3.8, 4) is 0 Å². The van der Waals surface area contributed by atoms with E-state index in [1.807, 2.05) is 0 Å². The fourth-order valence-electron chi connectivity index (χ4n) is 1.76. The van der Waals surface area contributed by atoms with E-state index in [1.165, 1.54) is 0 Å². The first kappa shape index (κ1) is 13.3. The second-order valence-corrected chi connectivity index (χ2v) is 4.65. The quantitative estimate of drug-likeness (QED) is 0.618. The Kier molecular flexibility index (Phi) is 3.66.